The molecule has 1 heterocycles. The lowest BCUT2D eigenvalue weighted by molar-refractivity contribution is 0.415. The van der Waals surface area contributed by atoms with Gasteiger partial charge in [-0.3, -0.25) is 0 Å². The van der Waals surface area contributed by atoms with E-state index in [2.05, 4.69) is 11.1 Å². The van der Waals surface area contributed by atoms with Crippen LogP contribution in [0.5, 0.6) is 5.75 Å². The molecule has 3 nitrogen and oxygen atoms in total. The summed E-state index contributed by atoms with van der Waals surface area (Å²) in [7, 11) is 1.59. The molecular weight excluding hydrogens is 267 g/mol. The fourth-order valence-electron chi connectivity index (χ4n) is 2.43. The Morgan fingerprint density at radius 3 is 2.67 bits per heavy atom. The predicted molar refractivity (Wildman–Crippen MR) is 79.7 cm³/mol. The van der Waals surface area contributed by atoms with Gasteiger partial charge in [0.15, 0.2) is 0 Å². The van der Waals surface area contributed by atoms with Gasteiger partial charge in [0.1, 0.15) is 17.6 Å². The highest BCUT2D eigenvalue weighted by Gasteiger charge is 2.14. The number of halogens is 1. The topological polar surface area (TPSA) is 48.8 Å². The van der Waals surface area contributed by atoms with Crippen molar-refractivity contribution in [2.24, 2.45) is 0 Å². The van der Waals surface area contributed by atoms with Crippen molar-refractivity contribution < 1.29 is 9.13 Å². The van der Waals surface area contributed by atoms with Gasteiger partial charge in [0.25, 0.3) is 0 Å². The second kappa shape index (κ2) is 4.95. The summed E-state index contributed by atoms with van der Waals surface area (Å²) in [6, 6.07) is 12.6. The molecule has 0 amide bonds. The molecule has 0 aliphatic heterocycles. The van der Waals surface area contributed by atoms with Gasteiger partial charge in [-0.05, 0) is 54.4 Å². The third kappa shape index (κ3) is 2.13. The van der Waals surface area contributed by atoms with E-state index >= 15 is 0 Å². The summed E-state index contributed by atoms with van der Waals surface area (Å²) in [6.07, 6.45) is 0. The third-order valence-electron chi connectivity index (χ3n) is 3.56. The maximum absolute atomic E-state index is 13.4. The number of H-pyrrole nitrogens is 1. The fourth-order valence-corrected chi connectivity index (χ4v) is 2.43. The molecule has 0 saturated heterocycles. The maximum Gasteiger partial charge on any atom is 0.126 e. The number of ether oxygens (including phenoxy) is 1. The molecule has 2 aromatic carbocycles. The summed E-state index contributed by atoms with van der Waals surface area (Å²) in [5.74, 6) is 0.440. The second-order valence-corrected chi connectivity index (χ2v) is 4.86. The number of hydrogen-bond acceptors (Lipinski definition) is 2. The first-order valence-corrected chi connectivity index (χ1v) is 6.50. The predicted octanol–water partition coefficient (Wildman–Crippen LogP) is 4.16. The van der Waals surface area contributed by atoms with Gasteiger partial charge in [0.2, 0.25) is 0 Å². The van der Waals surface area contributed by atoms with Crippen LogP contribution in [0.3, 0.4) is 0 Å². The minimum atomic E-state index is -0.255. The molecule has 4 heteroatoms. The van der Waals surface area contributed by atoms with Gasteiger partial charge in [-0.2, -0.15) is 5.26 Å². The summed E-state index contributed by atoms with van der Waals surface area (Å²) in [5.41, 5.74) is 3.43. The first-order valence-electron chi connectivity index (χ1n) is 6.50. The average molecular weight is 280 g/mol. The number of benzene rings is 2. The summed E-state index contributed by atoms with van der Waals surface area (Å²) < 4.78 is 18.6. The van der Waals surface area contributed by atoms with Crippen LogP contribution in [0.2, 0.25) is 0 Å². The zero-order valence-corrected chi connectivity index (χ0v) is 11.7. The highest BCUT2D eigenvalue weighted by Crippen LogP contribution is 2.32. The molecule has 0 radical (unpaired) electrons. The monoisotopic (exact) mass is 280 g/mol. The van der Waals surface area contributed by atoms with Crippen LogP contribution in [0.4, 0.5) is 4.39 Å². The number of fused-ring (bicyclic) bond motifs is 1. The lowest BCUT2D eigenvalue weighted by atomic mass is 10.0. The fraction of sp³-hybridized carbons (Fsp3) is 0.118. The van der Waals surface area contributed by atoms with Gasteiger partial charge in [-0.1, -0.05) is 0 Å². The molecule has 0 aliphatic carbocycles. The maximum atomic E-state index is 13.4. The van der Waals surface area contributed by atoms with Crippen LogP contribution >= 0.6 is 0 Å². The van der Waals surface area contributed by atoms with Crippen LogP contribution in [0.25, 0.3) is 22.2 Å². The molecule has 1 N–H and O–H groups in total. The Hall–Kier alpha value is -2.80. The van der Waals surface area contributed by atoms with Crippen molar-refractivity contribution in [2.75, 3.05) is 7.11 Å². The summed E-state index contributed by atoms with van der Waals surface area (Å²) >= 11 is 0. The number of nitriles is 1. The largest absolute Gasteiger partial charge is 0.497 e. The van der Waals surface area contributed by atoms with Gasteiger partial charge < -0.3 is 9.72 Å². The summed E-state index contributed by atoms with van der Waals surface area (Å²) in [5, 5.41) is 10.3. The molecule has 3 rings (SSSR count). The average Bonchev–Trinajstić information content (AvgIpc) is 2.87. The van der Waals surface area contributed by atoms with Crippen LogP contribution in [0, 0.1) is 24.1 Å². The zero-order valence-electron chi connectivity index (χ0n) is 11.7. The highest BCUT2D eigenvalue weighted by molar-refractivity contribution is 5.94. The van der Waals surface area contributed by atoms with E-state index in [1.54, 1.807) is 26.2 Å². The molecule has 3 aromatic rings. The lowest BCUT2D eigenvalue weighted by Gasteiger charge is -2.02. The van der Waals surface area contributed by atoms with E-state index in [1.165, 1.54) is 6.07 Å². The Morgan fingerprint density at radius 1 is 1.19 bits per heavy atom. The molecule has 1 aromatic heterocycles. The van der Waals surface area contributed by atoms with E-state index in [0.717, 1.165) is 16.5 Å². The van der Waals surface area contributed by atoms with E-state index < -0.39 is 0 Å². The molecule has 0 bridgehead atoms. The van der Waals surface area contributed by atoms with Crippen molar-refractivity contribution in [3.8, 4) is 23.1 Å². The smallest absolute Gasteiger partial charge is 0.126 e. The molecule has 104 valence electrons. The number of aryl methyl sites for hydroxylation is 1. The minimum absolute atomic E-state index is 0.255. The van der Waals surface area contributed by atoms with Gasteiger partial charge >= 0.3 is 0 Å². The SMILES string of the molecule is COc1ccc2[nH]c(-c3ccc(F)c(C)c3)c(C#N)c2c1. The second-order valence-electron chi connectivity index (χ2n) is 4.86. The zero-order chi connectivity index (χ0) is 15.0. The molecule has 21 heavy (non-hydrogen) atoms. The number of aromatic nitrogens is 1. The summed E-state index contributed by atoms with van der Waals surface area (Å²) in [6.45, 7) is 1.70. The van der Waals surface area contributed by atoms with Crippen LogP contribution in [0.15, 0.2) is 36.4 Å². The van der Waals surface area contributed by atoms with Crippen LogP contribution in [-0.4, -0.2) is 12.1 Å². The number of hydrogen-bond donors (Lipinski definition) is 1. The normalized spacial score (nSPS) is 10.6. The Labute approximate surface area is 121 Å². The van der Waals surface area contributed by atoms with E-state index in [9.17, 15) is 9.65 Å². The van der Waals surface area contributed by atoms with E-state index in [0.29, 0.717) is 22.6 Å². The Kier molecular flexibility index (Phi) is 3.11. The molecule has 0 unspecified atom stereocenters. The van der Waals surface area contributed by atoms with Crippen molar-refractivity contribution in [1.29, 1.82) is 5.26 Å². The standard InChI is InChI=1S/C17H13FN2O/c1-10-7-11(3-5-15(10)18)17-14(9-19)13-8-12(21-2)4-6-16(13)20-17/h3-8,20H,1-2H3. The Balaban J connectivity index is 2.27. The van der Waals surface area contributed by atoms with Gasteiger partial charge in [-0.15, -0.1) is 0 Å². The first-order chi connectivity index (χ1) is 10.1. The number of aromatic amines is 1. The molecule has 0 atom stereocenters. The first kappa shape index (κ1) is 13.2. The van der Waals surface area contributed by atoms with Crippen molar-refractivity contribution in [2.45, 2.75) is 6.92 Å². The van der Waals surface area contributed by atoms with Crippen LogP contribution in [0.1, 0.15) is 11.1 Å². The number of nitrogens with zero attached hydrogens (tertiary/aromatic N) is 1. The number of methoxy groups -OCH3 is 1. The highest BCUT2D eigenvalue weighted by atomic mass is 19.1. The third-order valence-corrected chi connectivity index (χ3v) is 3.56. The van der Waals surface area contributed by atoms with Gasteiger partial charge in [0.05, 0.1) is 18.4 Å². The molecule has 0 saturated carbocycles. The lowest BCUT2D eigenvalue weighted by Crippen LogP contribution is -1.86. The molecule has 0 spiro atoms. The van der Waals surface area contributed by atoms with Crippen molar-refractivity contribution in [3.63, 3.8) is 0 Å². The van der Waals surface area contributed by atoms with Crippen molar-refractivity contribution in [1.82, 2.24) is 4.98 Å². The van der Waals surface area contributed by atoms with Gasteiger partial charge in [0, 0.05) is 10.9 Å². The quantitative estimate of drug-likeness (QED) is 0.766. The van der Waals surface area contributed by atoms with E-state index in [1.807, 2.05) is 18.2 Å². The molecular formula is C17H13FN2O. The molecule has 0 fully saturated rings. The van der Waals surface area contributed by atoms with Gasteiger partial charge in [-0.25, -0.2) is 4.39 Å². The van der Waals surface area contributed by atoms with Crippen molar-refractivity contribution >= 4 is 10.9 Å². The van der Waals surface area contributed by atoms with Crippen molar-refractivity contribution in [3.05, 3.63) is 53.3 Å². The summed E-state index contributed by atoms with van der Waals surface area (Å²) in [4.78, 5) is 3.23. The number of rotatable bonds is 2. The molecule has 0 aliphatic rings. The number of nitrogens with one attached hydrogen (secondary N) is 1. The Bertz CT molecular complexity index is 874. The minimum Gasteiger partial charge on any atom is -0.497 e. The van der Waals surface area contributed by atoms with Crippen LogP contribution in [-0.2, 0) is 0 Å². The Morgan fingerprint density at radius 2 is 2.00 bits per heavy atom. The van der Waals surface area contributed by atoms with E-state index in [-0.39, 0.29) is 5.82 Å². The van der Waals surface area contributed by atoms with E-state index in [4.69, 9.17) is 4.74 Å². The van der Waals surface area contributed by atoms with Crippen LogP contribution < -0.4 is 4.74 Å².